The predicted molar refractivity (Wildman–Crippen MR) is 114 cm³/mol. The van der Waals surface area contributed by atoms with Crippen LogP contribution in [0.4, 0.5) is 0 Å². The van der Waals surface area contributed by atoms with Crippen molar-refractivity contribution < 1.29 is 17.9 Å². The van der Waals surface area contributed by atoms with Crippen LogP contribution in [0, 0.1) is 0 Å². The van der Waals surface area contributed by atoms with Crippen molar-refractivity contribution in [3.05, 3.63) is 29.8 Å². The molecule has 29 heavy (non-hydrogen) atoms. The maximum atomic E-state index is 12.7. The predicted octanol–water partition coefficient (Wildman–Crippen LogP) is 1.59. The zero-order chi connectivity index (χ0) is 21.1. The van der Waals surface area contributed by atoms with E-state index in [1.54, 1.807) is 11.4 Å². The summed E-state index contributed by atoms with van der Waals surface area (Å²) in [4.78, 5) is 17.0. The van der Waals surface area contributed by atoms with Gasteiger partial charge in [0.25, 0.3) is 0 Å². The van der Waals surface area contributed by atoms with Crippen molar-refractivity contribution >= 4 is 15.9 Å². The number of piperazine rings is 1. The van der Waals surface area contributed by atoms with E-state index in [1.165, 1.54) is 6.26 Å². The van der Waals surface area contributed by atoms with Gasteiger partial charge in [0.15, 0.2) is 0 Å². The molecule has 162 valence electrons. The third-order valence-corrected chi connectivity index (χ3v) is 7.76. The minimum atomic E-state index is -3.15. The molecule has 1 atom stereocenters. The zero-order valence-electron chi connectivity index (χ0n) is 17.8. The van der Waals surface area contributed by atoms with E-state index in [4.69, 9.17) is 4.74 Å². The molecule has 1 aromatic carbocycles. The number of hydrogen-bond donors (Lipinski definition) is 0. The number of carbonyl (C=O) groups is 1. The molecule has 7 nitrogen and oxygen atoms in total. The van der Waals surface area contributed by atoms with Gasteiger partial charge in [0.05, 0.1) is 13.4 Å². The summed E-state index contributed by atoms with van der Waals surface area (Å²) in [5, 5.41) is 0. The molecule has 0 saturated carbocycles. The maximum absolute atomic E-state index is 12.7. The summed E-state index contributed by atoms with van der Waals surface area (Å²) >= 11 is 0. The Labute approximate surface area is 174 Å². The molecule has 0 aromatic heterocycles. The van der Waals surface area contributed by atoms with E-state index in [1.807, 2.05) is 29.2 Å². The molecule has 1 amide bonds. The highest BCUT2D eigenvalue weighted by molar-refractivity contribution is 7.88. The van der Waals surface area contributed by atoms with Crippen molar-refractivity contribution in [2.24, 2.45) is 0 Å². The minimum absolute atomic E-state index is 0.0959. The maximum Gasteiger partial charge on any atom is 0.222 e. The number of carbonyl (C=O) groups excluding carboxylic acids is 1. The number of rotatable bonds is 7. The highest BCUT2D eigenvalue weighted by atomic mass is 32.2. The summed E-state index contributed by atoms with van der Waals surface area (Å²) < 4.78 is 30.6. The molecular formula is C21H33N3O4S. The fraction of sp³-hybridized carbons (Fsp3) is 0.667. The van der Waals surface area contributed by atoms with Gasteiger partial charge in [-0.05, 0) is 37.0 Å². The van der Waals surface area contributed by atoms with Crippen LogP contribution < -0.4 is 4.74 Å². The summed E-state index contributed by atoms with van der Waals surface area (Å²) in [7, 11) is -1.51. The Morgan fingerprint density at radius 2 is 1.76 bits per heavy atom. The molecule has 2 fully saturated rings. The Balaban J connectivity index is 1.51. The Hall–Kier alpha value is -1.64. The van der Waals surface area contributed by atoms with Crippen molar-refractivity contribution in [1.29, 1.82) is 0 Å². The molecule has 0 spiro atoms. The van der Waals surface area contributed by atoms with Crippen LogP contribution in [-0.2, 0) is 21.2 Å². The number of ether oxygens (including phenoxy) is 1. The van der Waals surface area contributed by atoms with Gasteiger partial charge < -0.3 is 9.64 Å². The summed E-state index contributed by atoms with van der Waals surface area (Å²) in [6, 6.07) is 7.85. The van der Waals surface area contributed by atoms with Gasteiger partial charge in [0.2, 0.25) is 15.9 Å². The molecule has 2 aliphatic rings. The van der Waals surface area contributed by atoms with Gasteiger partial charge in [0.1, 0.15) is 5.75 Å². The highest BCUT2D eigenvalue weighted by Crippen LogP contribution is 2.33. The number of methoxy groups -OCH3 is 1. The molecule has 0 aliphatic carbocycles. The summed E-state index contributed by atoms with van der Waals surface area (Å²) in [6.45, 7) is 6.32. The van der Waals surface area contributed by atoms with Gasteiger partial charge in [-0.1, -0.05) is 19.1 Å². The van der Waals surface area contributed by atoms with E-state index in [0.717, 1.165) is 43.7 Å². The molecule has 3 rings (SSSR count). The fourth-order valence-corrected chi connectivity index (χ4v) is 5.40. The zero-order valence-corrected chi connectivity index (χ0v) is 18.6. The topological polar surface area (TPSA) is 70.2 Å². The van der Waals surface area contributed by atoms with E-state index in [0.29, 0.717) is 32.6 Å². The molecule has 0 N–H and O–H groups in total. The van der Waals surface area contributed by atoms with Gasteiger partial charge in [-0.2, -0.15) is 0 Å². The lowest BCUT2D eigenvalue weighted by Gasteiger charge is -2.45. The summed E-state index contributed by atoms with van der Waals surface area (Å²) in [6.07, 6.45) is 4.31. The number of benzene rings is 1. The van der Waals surface area contributed by atoms with Gasteiger partial charge in [-0.3, -0.25) is 9.69 Å². The van der Waals surface area contributed by atoms with Crippen LogP contribution in [0.15, 0.2) is 24.3 Å². The van der Waals surface area contributed by atoms with Crippen LogP contribution in [0.3, 0.4) is 0 Å². The van der Waals surface area contributed by atoms with Crippen LogP contribution in [0.2, 0.25) is 0 Å². The molecule has 0 radical (unpaired) electrons. The van der Waals surface area contributed by atoms with Crippen molar-refractivity contribution in [3.63, 3.8) is 0 Å². The van der Waals surface area contributed by atoms with Crippen LogP contribution >= 0.6 is 0 Å². The lowest BCUT2D eigenvalue weighted by atomic mass is 9.92. The average Bonchev–Trinajstić information content (AvgIpc) is 3.19. The molecule has 2 saturated heterocycles. The molecule has 0 bridgehead atoms. The lowest BCUT2D eigenvalue weighted by Crippen LogP contribution is -2.59. The van der Waals surface area contributed by atoms with Gasteiger partial charge in [0, 0.05) is 51.2 Å². The second kappa shape index (κ2) is 9.02. The first-order valence-corrected chi connectivity index (χ1v) is 12.2. The Bertz CT molecular complexity index is 804. The molecular weight excluding hydrogens is 390 g/mol. The van der Waals surface area contributed by atoms with E-state index in [-0.39, 0.29) is 11.4 Å². The monoisotopic (exact) mass is 423 g/mol. The first kappa shape index (κ1) is 22.1. The third-order valence-electron chi connectivity index (χ3n) is 6.51. The van der Waals surface area contributed by atoms with E-state index in [2.05, 4.69) is 11.8 Å². The van der Waals surface area contributed by atoms with E-state index >= 15 is 0 Å². The smallest absolute Gasteiger partial charge is 0.222 e. The third kappa shape index (κ3) is 5.10. The second-order valence-electron chi connectivity index (χ2n) is 8.14. The molecule has 2 aliphatic heterocycles. The van der Waals surface area contributed by atoms with Gasteiger partial charge in [-0.25, -0.2) is 12.7 Å². The normalized spacial score (nSPS) is 24.0. The van der Waals surface area contributed by atoms with Gasteiger partial charge >= 0.3 is 0 Å². The van der Waals surface area contributed by atoms with Crippen molar-refractivity contribution in [2.75, 3.05) is 52.6 Å². The fourth-order valence-electron chi connectivity index (χ4n) is 4.50. The average molecular weight is 424 g/mol. The Morgan fingerprint density at radius 3 is 2.28 bits per heavy atom. The molecule has 2 heterocycles. The van der Waals surface area contributed by atoms with E-state index < -0.39 is 10.0 Å². The van der Waals surface area contributed by atoms with Crippen LogP contribution in [-0.4, -0.2) is 86.6 Å². The second-order valence-corrected chi connectivity index (χ2v) is 10.1. The lowest BCUT2D eigenvalue weighted by molar-refractivity contribution is -0.133. The number of aryl methyl sites for hydroxylation is 1. The number of sulfonamides is 1. The van der Waals surface area contributed by atoms with Crippen molar-refractivity contribution in [2.45, 2.75) is 38.1 Å². The minimum Gasteiger partial charge on any atom is -0.497 e. The van der Waals surface area contributed by atoms with E-state index in [9.17, 15) is 13.2 Å². The summed E-state index contributed by atoms with van der Waals surface area (Å²) in [5.74, 6) is 1.01. The number of hydrogen-bond acceptors (Lipinski definition) is 5. The Morgan fingerprint density at radius 1 is 1.10 bits per heavy atom. The Kier molecular flexibility index (Phi) is 6.86. The molecule has 1 aromatic rings. The summed E-state index contributed by atoms with van der Waals surface area (Å²) in [5.41, 5.74) is 1.04. The molecule has 1 unspecified atom stereocenters. The van der Waals surface area contributed by atoms with Crippen LogP contribution in [0.25, 0.3) is 0 Å². The standard InChI is InChI=1S/C21H33N3O4S/c1-4-21(11-12-24(17-21)29(3,26)27)23-15-13-22(14-16-23)20(25)10-7-18-5-8-19(28-2)9-6-18/h5-6,8-9H,4,7,10-17H2,1-3H3. The van der Waals surface area contributed by atoms with Crippen LogP contribution in [0.1, 0.15) is 31.7 Å². The molecule has 8 heteroatoms. The van der Waals surface area contributed by atoms with Crippen molar-refractivity contribution in [3.8, 4) is 5.75 Å². The first-order valence-electron chi connectivity index (χ1n) is 10.4. The highest BCUT2D eigenvalue weighted by Gasteiger charge is 2.45. The van der Waals surface area contributed by atoms with Gasteiger partial charge in [-0.15, -0.1) is 0 Å². The SMILES string of the molecule is CCC1(N2CCN(C(=O)CCc3ccc(OC)cc3)CC2)CCN(S(C)(=O)=O)C1. The quantitative estimate of drug-likeness (QED) is 0.666. The number of amides is 1. The first-order chi connectivity index (χ1) is 13.8. The van der Waals surface area contributed by atoms with Crippen LogP contribution in [0.5, 0.6) is 5.75 Å². The number of nitrogens with zero attached hydrogens (tertiary/aromatic N) is 3. The van der Waals surface area contributed by atoms with Crippen molar-refractivity contribution in [1.82, 2.24) is 14.1 Å². The largest absolute Gasteiger partial charge is 0.497 e.